The Balaban J connectivity index is 2.48. The van der Waals surface area contributed by atoms with Crippen LogP contribution in [0.15, 0.2) is 18.2 Å². The molecule has 0 bridgehead atoms. The van der Waals surface area contributed by atoms with Crippen molar-refractivity contribution in [3.05, 3.63) is 23.8 Å². The van der Waals surface area contributed by atoms with Crippen molar-refractivity contribution in [3.8, 4) is 17.6 Å². The van der Waals surface area contributed by atoms with Crippen molar-refractivity contribution < 1.29 is 9.47 Å². The van der Waals surface area contributed by atoms with Crippen LogP contribution in [0, 0.1) is 16.7 Å². The van der Waals surface area contributed by atoms with Gasteiger partial charge in [-0.25, -0.2) is 0 Å². The minimum Gasteiger partial charge on any atom is -0.497 e. The maximum Gasteiger partial charge on any atom is 0.126 e. The Morgan fingerprint density at radius 1 is 1.29 bits per heavy atom. The average Bonchev–Trinajstić information content (AvgIpc) is 2.48. The third-order valence-electron chi connectivity index (χ3n) is 3.44. The first kappa shape index (κ1) is 17.3. The fourth-order valence-corrected chi connectivity index (χ4v) is 2.07. The van der Waals surface area contributed by atoms with Gasteiger partial charge in [0.1, 0.15) is 11.5 Å². The van der Waals surface area contributed by atoms with E-state index in [1.165, 1.54) is 0 Å². The number of hydrogen-bond acceptors (Lipinski definition) is 4. The SMILES string of the molecule is COc1ccc(CCN)c(OCCCCC(C)(C)C#N)c1. The Morgan fingerprint density at radius 3 is 2.67 bits per heavy atom. The number of hydrogen-bond donors (Lipinski definition) is 1. The standard InChI is InChI=1S/C17H26N2O2/c1-17(2,13-19)9-4-5-11-21-16-12-15(20-3)7-6-14(16)8-10-18/h6-7,12H,4-5,8-11,18H2,1-3H3. The lowest BCUT2D eigenvalue weighted by molar-refractivity contribution is 0.290. The van der Waals surface area contributed by atoms with Gasteiger partial charge in [0.15, 0.2) is 0 Å². The van der Waals surface area contributed by atoms with E-state index in [0.717, 1.165) is 42.7 Å². The number of rotatable bonds is 9. The van der Waals surface area contributed by atoms with E-state index >= 15 is 0 Å². The Kier molecular flexibility index (Phi) is 7.04. The summed E-state index contributed by atoms with van der Waals surface area (Å²) in [7, 11) is 1.64. The monoisotopic (exact) mass is 290 g/mol. The molecule has 0 unspecified atom stereocenters. The Bertz CT molecular complexity index is 478. The molecule has 0 atom stereocenters. The van der Waals surface area contributed by atoms with Gasteiger partial charge in [0.2, 0.25) is 0 Å². The minimum atomic E-state index is -0.249. The number of methoxy groups -OCH3 is 1. The molecular formula is C17H26N2O2. The highest BCUT2D eigenvalue weighted by atomic mass is 16.5. The second kappa shape index (κ2) is 8.53. The first-order chi connectivity index (χ1) is 10.0. The predicted octanol–water partition coefficient (Wildman–Crippen LogP) is 3.30. The van der Waals surface area contributed by atoms with Crippen molar-refractivity contribution in [2.75, 3.05) is 20.3 Å². The lowest BCUT2D eigenvalue weighted by Gasteiger charge is -2.15. The zero-order chi connectivity index (χ0) is 15.7. The highest BCUT2D eigenvalue weighted by molar-refractivity contribution is 5.40. The van der Waals surface area contributed by atoms with Crippen molar-refractivity contribution >= 4 is 0 Å². The second-order valence-electron chi connectivity index (χ2n) is 5.81. The summed E-state index contributed by atoms with van der Waals surface area (Å²) in [4.78, 5) is 0. The molecule has 1 rings (SSSR count). The maximum absolute atomic E-state index is 8.97. The van der Waals surface area contributed by atoms with E-state index in [1.54, 1.807) is 7.11 Å². The summed E-state index contributed by atoms with van der Waals surface area (Å²) in [6.07, 6.45) is 3.60. The van der Waals surface area contributed by atoms with Crippen LogP contribution in [0.1, 0.15) is 38.7 Å². The van der Waals surface area contributed by atoms with Crippen molar-refractivity contribution in [1.82, 2.24) is 0 Å². The quantitative estimate of drug-likeness (QED) is 0.709. The molecule has 1 aromatic carbocycles. The number of benzene rings is 1. The summed E-state index contributed by atoms with van der Waals surface area (Å²) in [6.45, 7) is 5.18. The molecular weight excluding hydrogens is 264 g/mol. The van der Waals surface area contributed by atoms with E-state index in [-0.39, 0.29) is 5.41 Å². The zero-order valence-corrected chi connectivity index (χ0v) is 13.3. The van der Waals surface area contributed by atoms with Crippen LogP contribution in [-0.2, 0) is 6.42 Å². The van der Waals surface area contributed by atoms with Gasteiger partial charge in [-0.05, 0) is 57.7 Å². The molecule has 0 saturated carbocycles. The Labute approximate surface area is 127 Å². The number of nitrogens with two attached hydrogens (primary N) is 1. The first-order valence-corrected chi connectivity index (χ1v) is 7.43. The fourth-order valence-electron chi connectivity index (χ4n) is 2.07. The van der Waals surface area contributed by atoms with Gasteiger partial charge in [-0.15, -0.1) is 0 Å². The third kappa shape index (κ3) is 6.05. The van der Waals surface area contributed by atoms with Crippen LogP contribution in [0.25, 0.3) is 0 Å². The molecule has 0 saturated heterocycles. The largest absolute Gasteiger partial charge is 0.497 e. The van der Waals surface area contributed by atoms with E-state index < -0.39 is 0 Å². The Morgan fingerprint density at radius 2 is 2.05 bits per heavy atom. The fraction of sp³-hybridized carbons (Fsp3) is 0.588. The molecule has 0 amide bonds. The van der Waals surface area contributed by atoms with Crippen molar-refractivity contribution in [1.29, 1.82) is 5.26 Å². The number of nitrogens with zero attached hydrogens (tertiary/aromatic N) is 1. The average molecular weight is 290 g/mol. The molecule has 0 aliphatic heterocycles. The number of unbranched alkanes of at least 4 members (excludes halogenated alkanes) is 1. The summed E-state index contributed by atoms with van der Waals surface area (Å²) >= 11 is 0. The molecule has 116 valence electrons. The van der Waals surface area contributed by atoms with Crippen LogP contribution in [0.2, 0.25) is 0 Å². The summed E-state index contributed by atoms with van der Waals surface area (Å²) in [5.41, 5.74) is 6.48. The predicted molar refractivity (Wildman–Crippen MR) is 84.5 cm³/mol. The summed E-state index contributed by atoms with van der Waals surface area (Å²) in [5.74, 6) is 1.63. The lowest BCUT2D eigenvalue weighted by Crippen LogP contribution is -2.09. The van der Waals surface area contributed by atoms with E-state index in [4.69, 9.17) is 20.5 Å². The third-order valence-corrected chi connectivity index (χ3v) is 3.44. The molecule has 21 heavy (non-hydrogen) atoms. The number of ether oxygens (including phenoxy) is 2. The highest BCUT2D eigenvalue weighted by Gasteiger charge is 2.15. The van der Waals surface area contributed by atoms with Crippen LogP contribution < -0.4 is 15.2 Å². The topological polar surface area (TPSA) is 68.3 Å². The van der Waals surface area contributed by atoms with Gasteiger partial charge in [0, 0.05) is 6.07 Å². The van der Waals surface area contributed by atoms with Crippen LogP contribution >= 0.6 is 0 Å². The molecule has 0 heterocycles. The molecule has 1 aromatic rings. The molecule has 0 aliphatic carbocycles. The van der Waals surface area contributed by atoms with E-state index in [0.29, 0.717) is 13.2 Å². The van der Waals surface area contributed by atoms with Crippen LogP contribution in [0.4, 0.5) is 0 Å². The van der Waals surface area contributed by atoms with Crippen LogP contribution in [0.5, 0.6) is 11.5 Å². The van der Waals surface area contributed by atoms with Gasteiger partial charge in [-0.3, -0.25) is 0 Å². The lowest BCUT2D eigenvalue weighted by atomic mass is 9.89. The van der Waals surface area contributed by atoms with Crippen molar-refractivity contribution in [2.45, 2.75) is 39.5 Å². The van der Waals surface area contributed by atoms with Gasteiger partial charge < -0.3 is 15.2 Å². The summed E-state index contributed by atoms with van der Waals surface area (Å²) in [5, 5.41) is 8.97. The molecule has 0 spiro atoms. The molecule has 4 nitrogen and oxygen atoms in total. The van der Waals surface area contributed by atoms with Gasteiger partial charge >= 0.3 is 0 Å². The molecule has 2 N–H and O–H groups in total. The van der Waals surface area contributed by atoms with Gasteiger partial charge in [-0.1, -0.05) is 6.07 Å². The van der Waals surface area contributed by atoms with E-state index in [9.17, 15) is 0 Å². The maximum atomic E-state index is 8.97. The normalized spacial score (nSPS) is 11.0. The smallest absolute Gasteiger partial charge is 0.126 e. The zero-order valence-electron chi connectivity index (χ0n) is 13.3. The second-order valence-corrected chi connectivity index (χ2v) is 5.81. The molecule has 0 aliphatic rings. The van der Waals surface area contributed by atoms with Crippen LogP contribution in [0.3, 0.4) is 0 Å². The van der Waals surface area contributed by atoms with Crippen molar-refractivity contribution in [3.63, 3.8) is 0 Å². The molecule has 0 fully saturated rings. The van der Waals surface area contributed by atoms with E-state index in [2.05, 4.69) is 6.07 Å². The van der Waals surface area contributed by atoms with Crippen LogP contribution in [-0.4, -0.2) is 20.3 Å². The molecule has 0 radical (unpaired) electrons. The first-order valence-electron chi connectivity index (χ1n) is 7.43. The van der Waals surface area contributed by atoms with E-state index in [1.807, 2.05) is 32.0 Å². The Hall–Kier alpha value is -1.73. The van der Waals surface area contributed by atoms with Crippen molar-refractivity contribution in [2.24, 2.45) is 11.1 Å². The summed E-state index contributed by atoms with van der Waals surface area (Å²) in [6, 6.07) is 8.15. The van der Waals surface area contributed by atoms with Gasteiger partial charge in [-0.2, -0.15) is 5.26 Å². The van der Waals surface area contributed by atoms with Gasteiger partial charge in [0.05, 0.1) is 25.2 Å². The highest BCUT2D eigenvalue weighted by Crippen LogP contribution is 2.26. The summed E-state index contributed by atoms with van der Waals surface area (Å²) < 4.78 is 11.1. The minimum absolute atomic E-state index is 0.249. The van der Waals surface area contributed by atoms with Gasteiger partial charge in [0.25, 0.3) is 0 Å². The molecule has 4 heteroatoms. The molecule has 0 aromatic heterocycles. The number of nitriles is 1.